The highest BCUT2D eigenvalue weighted by atomic mass is 14.9. The fourth-order valence-corrected chi connectivity index (χ4v) is 2.48. The Hall–Kier alpha value is -2.29. The number of imidazole rings is 1. The molecule has 0 atom stereocenters. The summed E-state index contributed by atoms with van der Waals surface area (Å²) in [6.45, 7) is 6.17. The van der Waals surface area contributed by atoms with Gasteiger partial charge in [-0.2, -0.15) is 0 Å². The Morgan fingerprint density at radius 3 is 2.58 bits per heavy atom. The number of fused-ring (bicyclic) bond motifs is 1. The van der Waals surface area contributed by atoms with Crippen LogP contribution in [0.2, 0.25) is 0 Å². The Bertz CT molecular complexity index is 769. The Balaban J connectivity index is 2.28. The van der Waals surface area contributed by atoms with Gasteiger partial charge in [0.1, 0.15) is 5.82 Å². The Morgan fingerprint density at radius 1 is 1.05 bits per heavy atom. The van der Waals surface area contributed by atoms with Gasteiger partial charge in [-0.15, -0.1) is 0 Å². The zero-order chi connectivity index (χ0) is 13.6. The van der Waals surface area contributed by atoms with Gasteiger partial charge in [0.25, 0.3) is 0 Å². The number of nitrogens with two attached hydrogens (primary N) is 1. The standard InChI is InChI=1S/C16H17N3/c1-9-7-11(3)14(17)12(8-9)16-18-13-6-4-5-10(2)15(13)19-16/h4-8H,17H2,1-3H3,(H,18,19). The van der Waals surface area contributed by atoms with Crippen LogP contribution in [-0.2, 0) is 0 Å². The van der Waals surface area contributed by atoms with E-state index in [4.69, 9.17) is 5.73 Å². The van der Waals surface area contributed by atoms with Gasteiger partial charge in [-0.1, -0.05) is 18.2 Å². The van der Waals surface area contributed by atoms with Crippen molar-refractivity contribution in [2.24, 2.45) is 0 Å². The molecule has 19 heavy (non-hydrogen) atoms. The van der Waals surface area contributed by atoms with Gasteiger partial charge in [-0.05, 0) is 49.6 Å². The van der Waals surface area contributed by atoms with Crippen LogP contribution >= 0.6 is 0 Å². The van der Waals surface area contributed by atoms with Gasteiger partial charge in [0.05, 0.1) is 11.0 Å². The molecule has 3 nitrogen and oxygen atoms in total. The Morgan fingerprint density at radius 2 is 1.84 bits per heavy atom. The average molecular weight is 251 g/mol. The molecule has 0 aliphatic rings. The molecule has 96 valence electrons. The van der Waals surface area contributed by atoms with Crippen LogP contribution in [0.25, 0.3) is 22.4 Å². The van der Waals surface area contributed by atoms with Gasteiger partial charge in [-0.25, -0.2) is 4.98 Å². The van der Waals surface area contributed by atoms with E-state index in [-0.39, 0.29) is 0 Å². The zero-order valence-corrected chi connectivity index (χ0v) is 11.4. The molecule has 0 radical (unpaired) electrons. The third-order valence-corrected chi connectivity index (χ3v) is 3.50. The quantitative estimate of drug-likeness (QED) is 0.647. The number of aromatic nitrogens is 2. The topological polar surface area (TPSA) is 54.7 Å². The number of nitrogens with one attached hydrogen (secondary N) is 1. The predicted molar refractivity (Wildman–Crippen MR) is 80.2 cm³/mol. The molecule has 0 spiro atoms. The number of aryl methyl sites for hydroxylation is 3. The molecule has 0 saturated heterocycles. The smallest absolute Gasteiger partial charge is 0.140 e. The Labute approximate surface area is 112 Å². The molecule has 0 aliphatic heterocycles. The first-order chi connectivity index (χ1) is 9.06. The second kappa shape index (κ2) is 4.12. The average Bonchev–Trinajstić information content (AvgIpc) is 2.79. The summed E-state index contributed by atoms with van der Waals surface area (Å²) in [5, 5.41) is 0. The zero-order valence-electron chi connectivity index (χ0n) is 11.4. The lowest BCUT2D eigenvalue weighted by molar-refractivity contribution is 1.30. The number of nitrogens with zero attached hydrogens (tertiary/aromatic N) is 1. The lowest BCUT2D eigenvalue weighted by Gasteiger charge is -2.07. The second-order valence-electron chi connectivity index (χ2n) is 5.10. The molecule has 1 heterocycles. The van der Waals surface area contributed by atoms with Gasteiger partial charge < -0.3 is 10.7 Å². The van der Waals surface area contributed by atoms with E-state index in [1.165, 1.54) is 11.1 Å². The van der Waals surface area contributed by atoms with Crippen LogP contribution in [0.15, 0.2) is 30.3 Å². The van der Waals surface area contributed by atoms with Crippen LogP contribution in [0.1, 0.15) is 16.7 Å². The molecule has 3 heteroatoms. The minimum Gasteiger partial charge on any atom is -0.398 e. The summed E-state index contributed by atoms with van der Waals surface area (Å²) in [6, 6.07) is 10.3. The van der Waals surface area contributed by atoms with Crippen LogP contribution in [0.4, 0.5) is 5.69 Å². The highest BCUT2D eigenvalue weighted by molar-refractivity contribution is 5.85. The maximum atomic E-state index is 6.18. The van der Waals surface area contributed by atoms with Gasteiger partial charge in [-0.3, -0.25) is 0 Å². The van der Waals surface area contributed by atoms with Crippen LogP contribution < -0.4 is 5.73 Å². The maximum absolute atomic E-state index is 6.18. The molecular formula is C16H17N3. The second-order valence-corrected chi connectivity index (χ2v) is 5.10. The van der Waals surface area contributed by atoms with E-state index in [0.29, 0.717) is 0 Å². The van der Waals surface area contributed by atoms with E-state index in [0.717, 1.165) is 33.7 Å². The van der Waals surface area contributed by atoms with E-state index in [1.54, 1.807) is 0 Å². The summed E-state index contributed by atoms with van der Waals surface area (Å²) in [5.41, 5.74) is 13.5. The van der Waals surface area contributed by atoms with Gasteiger partial charge in [0.15, 0.2) is 0 Å². The summed E-state index contributed by atoms with van der Waals surface area (Å²) in [5.74, 6) is 0.841. The molecule has 0 unspecified atom stereocenters. The molecule has 2 aromatic carbocycles. The summed E-state index contributed by atoms with van der Waals surface area (Å²) < 4.78 is 0. The summed E-state index contributed by atoms with van der Waals surface area (Å²) in [7, 11) is 0. The maximum Gasteiger partial charge on any atom is 0.140 e. The van der Waals surface area contributed by atoms with Crippen molar-refractivity contribution in [3.05, 3.63) is 47.0 Å². The van der Waals surface area contributed by atoms with Crippen molar-refractivity contribution < 1.29 is 0 Å². The molecule has 1 aromatic heterocycles. The number of rotatable bonds is 1. The highest BCUT2D eigenvalue weighted by Crippen LogP contribution is 2.30. The van der Waals surface area contributed by atoms with Crippen LogP contribution in [0.5, 0.6) is 0 Å². The summed E-state index contributed by atoms with van der Waals surface area (Å²) >= 11 is 0. The molecule has 0 fully saturated rings. The molecule has 0 bridgehead atoms. The van der Waals surface area contributed by atoms with Crippen LogP contribution in [-0.4, -0.2) is 9.97 Å². The van der Waals surface area contributed by atoms with Crippen LogP contribution in [0.3, 0.4) is 0 Å². The van der Waals surface area contributed by atoms with Crippen molar-refractivity contribution in [2.45, 2.75) is 20.8 Å². The fraction of sp³-hybridized carbons (Fsp3) is 0.188. The lowest BCUT2D eigenvalue weighted by atomic mass is 10.0. The van der Waals surface area contributed by atoms with Crippen molar-refractivity contribution in [2.75, 3.05) is 5.73 Å². The van der Waals surface area contributed by atoms with E-state index in [2.05, 4.69) is 42.0 Å². The fourth-order valence-electron chi connectivity index (χ4n) is 2.48. The minimum absolute atomic E-state index is 0.794. The minimum atomic E-state index is 0.794. The number of H-pyrrole nitrogens is 1. The third-order valence-electron chi connectivity index (χ3n) is 3.50. The van der Waals surface area contributed by atoms with Crippen molar-refractivity contribution in [3.63, 3.8) is 0 Å². The SMILES string of the molecule is Cc1cc(C)c(N)c(-c2nc3c(C)cccc3[nH]2)c1. The first-order valence-corrected chi connectivity index (χ1v) is 6.38. The number of anilines is 1. The number of hydrogen-bond acceptors (Lipinski definition) is 2. The van der Waals surface area contributed by atoms with Crippen molar-refractivity contribution in [3.8, 4) is 11.4 Å². The van der Waals surface area contributed by atoms with Crippen molar-refractivity contribution in [1.29, 1.82) is 0 Å². The molecule has 0 aliphatic carbocycles. The number of benzene rings is 2. The number of aromatic amines is 1. The number of para-hydroxylation sites is 1. The largest absolute Gasteiger partial charge is 0.398 e. The van der Waals surface area contributed by atoms with E-state index >= 15 is 0 Å². The monoisotopic (exact) mass is 251 g/mol. The highest BCUT2D eigenvalue weighted by Gasteiger charge is 2.11. The van der Waals surface area contributed by atoms with E-state index in [1.807, 2.05) is 19.1 Å². The first kappa shape index (κ1) is 11.8. The first-order valence-electron chi connectivity index (χ1n) is 6.38. The van der Waals surface area contributed by atoms with Gasteiger partial charge in [0, 0.05) is 11.3 Å². The van der Waals surface area contributed by atoms with E-state index in [9.17, 15) is 0 Å². The molecule has 3 aromatic rings. The van der Waals surface area contributed by atoms with Crippen LogP contribution in [0, 0.1) is 20.8 Å². The van der Waals surface area contributed by atoms with Crippen molar-refractivity contribution >= 4 is 16.7 Å². The molecule has 0 saturated carbocycles. The molecule has 3 N–H and O–H groups in total. The summed E-state index contributed by atoms with van der Waals surface area (Å²) in [4.78, 5) is 8.05. The number of nitrogen functional groups attached to an aromatic ring is 1. The molecule has 0 amide bonds. The summed E-state index contributed by atoms with van der Waals surface area (Å²) in [6.07, 6.45) is 0. The molecular weight excluding hydrogens is 234 g/mol. The number of hydrogen-bond donors (Lipinski definition) is 2. The Kier molecular flexibility index (Phi) is 2.56. The van der Waals surface area contributed by atoms with E-state index < -0.39 is 0 Å². The normalized spacial score (nSPS) is 11.1. The predicted octanol–water partition coefficient (Wildman–Crippen LogP) is 3.74. The van der Waals surface area contributed by atoms with Gasteiger partial charge >= 0.3 is 0 Å². The van der Waals surface area contributed by atoms with Gasteiger partial charge in [0.2, 0.25) is 0 Å². The lowest BCUT2D eigenvalue weighted by Crippen LogP contribution is -1.96. The van der Waals surface area contributed by atoms with Crippen molar-refractivity contribution in [1.82, 2.24) is 9.97 Å². The molecule has 3 rings (SSSR count). The third kappa shape index (κ3) is 1.87.